The number of halogens is 2. The van der Waals surface area contributed by atoms with Gasteiger partial charge >= 0.3 is 12.0 Å². The lowest BCUT2D eigenvalue weighted by Gasteiger charge is -2.29. The van der Waals surface area contributed by atoms with E-state index < -0.39 is 36.4 Å². The molecule has 11 nitrogen and oxygen atoms in total. The molecule has 0 spiro atoms. The van der Waals surface area contributed by atoms with Crippen LogP contribution in [0.25, 0.3) is 0 Å². The van der Waals surface area contributed by atoms with E-state index in [1.807, 2.05) is 0 Å². The van der Waals surface area contributed by atoms with Crippen LogP contribution in [-0.2, 0) is 27.5 Å². The number of piperidine rings is 1. The number of imide groups is 1. The third-order valence-corrected chi connectivity index (χ3v) is 6.22. The van der Waals surface area contributed by atoms with Gasteiger partial charge in [-0.15, -0.1) is 0 Å². The van der Waals surface area contributed by atoms with E-state index in [-0.39, 0.29) is 59.8 Å². The van der Waals surface area contributed by atoms with Gasteiger partial charge in [-0.05, 0) is 29.7 Å². The molecule has 198 valence electrons. The zero-order chi connectivity index (χ0) is 27.6. The minimum atomic E-state index is -1.30. The lowest BCUT2D eigenvalue weighted by atomic mass is 10.0. The van der Waals surface area contributed by atoms with Crippen molar-refractivity contribution in [3.63, 3.8) is 0 Å². The summed E-state index contributed by atoms with van der Waals surface area (Å²) in [6.07, 6.45) is 0.402. The van der Waals surface area contributed by atoms with Crippen molar-refractivity contribution < 1.29 is 38.2 Å². The minimum absolute atomic E-state index is 0.0374. The quantitative estimate of drug-likeness (QED) is 0.294. The summed E-state index contributed by atoms with van der Waals surface area (Å²) in [4.78, 5) is 61.1. The molecule has 2 heterocycles. The molecule has 4 N–H and O–H groups in total. The smallest absolute Gasteiger partial charge is 0.334 e. The Morgan fingerprint density at radius 2 is 2.00 bits per heavy atom. The number of rotatable bonds is 8. The van der Waals surface area contributed by atoms with Crippen molar-refractivity contribution in [1.29, 1.82) is 0 Å². The first-order chi connectivity index (χ1) is 18.0. The number of carboxylic acid groups (broad SMARTS) is 1. The number of carboxylic acids is 1. The number of nitrogens with one attached hydrogen (secondary N) is 3. The monoisotopic (exact) mass is 544 g/mol. The van der Waals surface area contributed by atoms with Gasteiger partial charge in [0.15, 0.2) is 11.6 Å². The maximum atomic E-state index is 14.8. The summed E-state index contributed by atoms with van der Waals surface area (Å²) in [6, 6.07) is 5.78. The van der Waals surface area contributed by atoms with Gasteiger partial charge in [-0.3, -0.25) is 19.7 Å². The van der Waals surface area contributed by atoms with Gasteiger partial charge in [0.25, 0.3) is 5.91 Å². The lowest BCUT2D eigenvalue weighted by molar-refractivity contribution is -0.137. The van der Waals surface area contributed by atoms with Gasteiger partial charge in [-0.2, -0.15) is 0 Å². The normalized spacial score (nSPS) is 16.5. The van der Waals surface area contributed by atoms with E-state index >= 15 is 0 Å². The summed E-state index contributed by atoms with van der Waals surface area (Å²) in [7, 11) is 0. The number of hydrogen-bond acceptors (Lipinski definition) is 6. The molecule has 0 bridgehead atoms. The van der Waals surface area contributed by atoms with E-state index in [4.69, 9.17) is 21.4 Å². The number of urea groups is 1. The number of fused-ring (bicyclic) bond motifs is 1. The largest absolute Gasteiger partial charge is 0.485 e. The molecule has 0 radical (unpaired) electrons. The van der Waals surface area contributed by atoms with Gasteiger partial charge in [-0.1, -0.05) is 30.3 Å². The van der Waals surface area contributed by atoms with Crippen molar-refractivity contribution in [3.8, 4) is 5.75 Å². The summed E-state index contributed by atoms with van der Waals surface area (Å²) in [5.41, 5.74) is 1.17. The van der Waals surface area contributed by atoms with Crippen LogP contribution in [0.5, 0.6) is 5.75 Å². The highest BCUT2D eigenvalue weighted by Gasteiger charge is 2.39. The molecule has 2 aromatic carbocycles. The topological polar surface area (TPSA) is 154 Å². The molecule has 1 atom stereocenters. The summed E-state index contributed by atoms with van der Waals surface area (Å²) in [5.74, 6) is -3.80. The second-order valence-corrected chi connectivity index (χ2v) is 9.10. The van der Waals surface area contributed by atoms with Crippen molar-refractivity contribution in [2.75, 3.05) is 11.9 Å². The summed E-state index contributed by atoms with van der Waals surface area (Å²) in [5, 5.41) is 16.1. The number of amides is 5. The van der Waals surface area contributed by atoms with Gasteiger partial charge in [-0.25, -0.2) is 14.0 Å². The maximum Gasteiger partial charge on any atom is 0.334 e. The highest BCUT2D eigenvalue weighted by molar-refractivity contribution is 6.31. The van der Waals surface area contributed by atoms with Crippen molar-refractivity contribution in [1.82, 2.24) is 15.5 Å². The summed E-state index contributed by atoms with van der Waals surface area (Å²) >= 11 is 5.98. The Hall–Kier alpha value is -4.45. The third kappa shape index (κ3) is 5.75. The van der Waals surface area contributed by atoms with Gasteiger partial charge in [0.2, 0.25) is 11.8 Å². The average molecular weight is 545 g/mol. The fraction of sp³-hybridized carbons (Fsp3) is 0.240. The minimum Gasteiger partial charge on any atom is -0.485 e. The molecule has 1 saturated heterocycles. The fourth-order valence-electron chi connectivity index (χ4n) is 4.07. The van der Waals surface area contributed by atoms with Crippen molar-refractivity contribution in [2.24, 2.45) is 0 Å². The van der Waals surface area contributed by atoms with E-state index in [1.165, 1.54) is 11.0 Å². The molecule has 1 fully saturated rings. The van der Waals surface area contributed by atoms with Gasteiger partial charge in [0.1, 0.15) is 12.6 Å². The number of carbonyl (C=O) groups excluding carboxylic acids is 4. The van der Waals surface area contributed by atoms with E-state index in [0.717, 1.165) is 6.07 Å². The molecule has 5 amide bonds. The van der Waals surface area contributed by atoms with Gasteiger partial charge in [0.05, 0.1) is 11.3 Å². The third-order valence-electron chi connectivity index (χ3n) is 6.00. The van der Waals surface area contributed by atoms with Gasteiger partial charge in [0, 0.05) is 36.2 Å². The molecule has 38 heavy (non-hydrogen) atoms. The van der Waals surface area contributed by atoms with Crippen molar-refractivity contribution in [2.45, 2.75) is 32.0 Å². The zero-order valence-electron chi connectivity index (χ0n) is 19.8. The van der Waals surface area contributed by atoms with E-state index in [9.17, 15) is 28.4 Å². The molecular weight excluding hydrogens is 523 g/mol. The predicted molar refractivity (Wildman–Crippen MR) is 132 cm³/mol. The SMILES string of the molecule is C=C(COc1cc(Cl)cc(NC(=O)NCc2ccc3c(c2)CN(C2CCC(=O)NC2=O)C3=O)c1F)C(=O)O. The highest BCUT2D eigenvalue weighted by Crippen LogP contribution is 2.30. The number of benzene rings is 2. The molecular formula is C25H22ClFN4O7. The van der Waals surface area contributed by atoms with Crippen LogP contribution < -0.4 is 20.7 Å². The lowest BCUT2D eigenvalue weighted by Crippen LogP contribution is -2.52. The number of nitrogens with zero attached hydrogens (tertiary/aromatic N) is 1. The van der Waals surface area contributed by atoms with Crippen LogP contribution in [0.15, 0.2) is 42.5 Å². The first-order valence-electron chi connectivity index (χ1n) is 11.4. The molecule has 4 rings (SSSR count). The molecule has 2 aliphatic heterocycles. The summed E-state index contributed by atoms with van der Waals surface area (Å²) in [6.45, 7) is 3.03. The second-order valence-electron chi connectivity index (χ2n) is 8.66. The van der Waals surface area contributed by atoms with Crippen molar-refractivity contribution in [3.05, 3.63) is 70.0 Å². The molecule has 0 aromatic heterocycles. The Labute approximate surface area is 220 Å². The molecule has 1 unspecified atom stereocenters. The van der Waals surface area contributed by atoms with Crippen LogP contribution in [0.2, 0.25) is 5.02 Å². The van der Waals surface area contributed by atoms with Crippen LogP contribution in [0, 0.1) is 5.82 Å². The van der Waals surface area contributed by atoms with E-state index in [1.54, 1.807) is 18.2 Å². The number of aliphatic carboxylic acids is 1. The Kier molecular flexibility index (Phi) is 7.62. The van der Waals surface area contributed by atoms with E-state index in [0.29, 0.717) is 16.7 Å². The molecule has 0 saturated carbocycles. The number of anilines is 1. The van der Waals surface area contributed by atoms with Gasteiger partial charge < -0.3 is 25.4 Å². The summed E-state index contributed by atoms with van der Waals surface area (Å²) < 4.78 is 19.9. The van der Waals surface area contributed by atoms with Crippen LogP contribution in [0.1, 0.15) is 34.3 Å². The zero-order valence-corrected chi connectivity index (χ0v) is 20.6. The molecule has 13 heteroatoms. The average Bonchev–Trinajstić information content (AvgIpc) is 3.18. The van der Waals surface area contributed by atoms with Crippen molar-refractivity contribution >= 4 is 47.0 Å². The number of carbonyl (C=O) groups is 5. The standard InChI is InChI=1S/C25H22ClFN4O7/c1-12(24(35)36)11-38-19-8-15(26)7-17(21(19)27)29-25(37)28-9-13-2-3-16-14(6-13)10-31(23(16)34)18-4-5-20(32)30-22(18)33/h2-3,6-8,18H,1,4-5,9-11H2,(H,35,36)(H2,28,29,37)(H,30,32,33). The highest BCUT2D eigenvalue weighted by atomic mass is 35.5. The first kappa shape index (κ1) is 26.6. The van der Waals surface area contributed by atoms with Crippen LogP contribution in [0.3, 0.4) is 0 Å². The molecule has 0 aliphatic carbocycles. The number of ether oxygens (including phenoxy) is 1. The molecule has 2 aliphatic rings. The van der Waals surface area contributed by atoms with Crippen LogP contribution in [-0.4, -0.2) is 52.4 Å². The van der Waals surface area contributed by atoms with Crippen LogP contribution >= 0.6 is 11.6 Å². The molecule has 2 aromatic rings. The Balaban J connectivity index is 1.37. The number of hydrogen-bond donors (Lipinski definition) is 4. The second kappa shape index (κ2) is 10.9. The Bertz CT molecular complexity index is 1380. The predicted octanol–water partition coefficient (Wildman–Crippen LogP) is 2.58. The fourth-order valence-corrected chi connectivity index (χ4v) is 4.28. The Morgan fingerprint density at radius 3 is 2.71 bits per heavy atom. The van der Waals surface area contributed by atoms with E-state index in [2.05, 4.69) is 22.5 Å². The first-order valence-corrected chi connectivity index (χ1v) is 11.8. The maximum absolute atomic E-state index is 14.8. The van der Waals surface area contributed by atoms with Crippen LogP contribution in [0.4, 0.5) is 14.9 Å². The Morgan fingerprint density at radius 1 is 1.24 bits per heavy atom.